The van der Waals surface area contributed by atoms with Gasteiger partial charge in [-0.3, -0.25) is 0 Å². The van der Waals surface area contributed by atoms with Crippen LogP contribution in [0.4, 0.5) is 0 Å². The van der Waals surface area contributed by atoms with Crippen LogP contribution in [0.3, 0.4) is 0 Å². The molecule has 1 fully saturated rings. The minimum atomic E-state index is -0.452. The molecule has 1 saturated heterocycles. The van der Waals surface area contributed by atoms with Gasteiger partial charge in [0.05, 0.1) is 0 Å². The van der Waals surface area contributed by atoms with E-state index in [-0.39, 0.29) is 0 Å². The Morgan fingerprint density at radius 1 is 1.50 bits per heavy atom. The summed E-state index contributed by atoms with van der Waals surface area (Å²) in [5, 5.41) is 0. The summed E-state index contributed by atoms with van der Waals surface area (Å²) < 4.78 is 0. The first-order valence-corrected chi connectivity index (χ1v) is 4.60. The third-order valence-corrected chi connectivity index (χ3v) is 4.02. The fourth-order valence-electron chi connectivity index (χ4n) is 0.575. The van der Waals surface area contributed by atoms with Crippen LogP contribution in [0.15, 0.2) is 0 Å². The van der Waals surface area contributed by atoms with Gasteiger partial charge in [0, 0.05) is 0 Å². The van der Waals surface area contributed by atoms with Crippen LogP contribution in [-0.4, -0.2) is 8.80 Å². The summed E-state index contributed by atoms with van der Waals surface area (Å²) in [6.45, 7) is 0. The molecule has 0 N–H and O–H groups in total. The average molecular weight is 96.2 g/mol. The van der Waals surface area contributed by atoms with Gasteiger partial charge in [-0.25, -0.2) is 0 Å². The fourth-order valence-corrected chi connectivity index (χ4v) is 1.72. The van der Waals surface area contributed by atoms with Gasteiger partial charge in [-0.2, -0.15) is 0 Å². The molecule has 0 radical (unpaired) electrons. The van der Waals surface area contributed by atoms with Crippen molar-refractivity contribution in [3.05, 3.63) is 0 Å². The zero-order valence-electron chi connectivity index (χ0n) is 3.78. The molecule has 1 rings (SSSR count). The van der Waals surface area contributed by atoms with Crippen molar-refractivity contribution in [3.8, 4) is 12.0 Å². The lowest BCUT2D eigenvalue weighted by Gasteiger charge is -2.15. The number of terminal acetylenes is 1. The fraction of sp³-hybridized carbons (Fsp3) is 0.600. The highest BCUT2D eigenvalue weighted by Crippen LogP contribution is 2.17. The molecular formula is C5H8Si. The Balaban J connectivity index is 2.22. The number of hydrogen-bond donors (Lipinski definition) is 0. The molecule has 0 nitrogen and oxygen atoms in total. The van der Waals surface area contributed by atoms with Crippen molar-refractivity contribution in [2.24, 2.45) is 0 Å². The summed E-state index contributed by atoms with van der Waals surface area (Å²) in [5.41, 5.74) is 2.84. The minimum Gasteiger partial charge on any atom is -0.139 e. The maximum absolute atomic E-state index is 5.15. The molecule has 6 heavy (non-hydrogen) atoms. The van der Waals surface area contributed by atoms with Crippen LogP contribution >= 0.6 is 0 Å². The molecule has 0 aromatic carbocycles. The van der Waals surface area contributed by atoms with Crippen molar-refractivity contribution >= 4 is 8.80 Å². The minimum absolute atomic E-state index is 0.452. The van der Waals surface area contributed by atoms with Gasteiger partial charge in [0.25, 0.3) is 0 Å². The van der Waals surface area contributed by atoms with Gasteiger partial charge in [-0.05, 0) is 12.1 Å². The van der Waals surface area contributed by atoms with Crippen LogP contribution in [0.5, 0.6) is 0 Å². The lowest BCUT2D eigenvalue weighted by Crippen LogP contribution is -2.18. The van der Waals surface area contributed by atoms with E-state index in [4.69, 9.17) is 6.42 Å². The van der Waals surface area contributed by atoms with E-state index in [9.17, 15) is 0 Å². The van der Waals surface area contributed by atoms with Gasteiger partial charge < -0.3 is 0 Å². The van der Waals surface area contributed by atoms with Gasteiger partial charge >= 0.3 is 0 Å². The molecule has 32 valence electrons. The quantitative estimate of drug-likeness (QED) is 0.309. The second-order valence-electron chi connectivity index (χ2n) is 1.79. The first-order chi connectivity index (χ1) is 2.93. The maximum atomic E-state index is 5.15. The summed E-state index contributed by atoms with van der Waals surface area (Å²) in [5.74, 6) is 0. The number of rotatable bonds is 0. The highest BCUT2D eigenvalue weighted by molar-refractivity contribution is 6.69. The lowest BCUT2D eigenvalue weighted by atomic mass is 10.5. The molecule has 1 aliphatic heterocycles. The molecule has 0 aromatic heterocycles. The van der Waals surface area contributed by atoms with Crippen molar-refractivity contribution in [3.63, 3.8) is 0 Å². The Hall–Kier alpha value is -0.223. The van der Waals surface area contributed by atoms with Gasteiger partial charge in [0.1, 0.15) is 8.80 Å². The summed E-state index contributed by atoms with van der Waals surface area (Å²) >= 11 is 0. The Kier molecular flexibility index (Phi) is 0.977. The summed E-state index contributed by atoms with van der Waals surface area (Å²) in [6.07, 6.45) is 6.56. The van der Waals surface area contributed by atoms with E-state index < -0.39 is 8.80 Å². The molecule has 0 unspecified atom stereocenters. The van der Waals surface area contributed by atoms with Crippen LogP contribution in [-0.2, 0) is 0 Å². The van der Waals surface area contributed by atoms with E-state index in [2.05, 4.69) is 5.54 Å². The molecule has 0 saturated carbocycles. The molecular weight excluding hydrogens is 88.1 g/mol. The van der Waals surface area contributed by atoms with Crippen molar-refractivity contribution in [1.82, 2.24) is 0 Å². The first kappa shape index (κ1) is 3.95. The monoisotopic (exact) mass is 96.0 g/mol. The van der Waals surface area contributed by atoms with Crippen LogP contribution in [0.1, 0.15) is 6.42 Å². The highest BCUT2D eigenvalue weighted by Gasteiger charge is 2.15. The van der Waals surface area contributed by atoms with Crippen LogP contribution in [0.25, 0.3) is 0 Å². The van der Waals surface area contributed by atoms with Gasteiger partial charge in [-0.1, -0.05) is 6.42 Å². The van der Waals surface area contributed by atoms with E-state index >= 15 is 0 Å². The Morgan fingerprint density at radius 2 is 2.17 bits per heavy atom. The van der Waals surface area contributed by atoms with Gasteiger partial charge in [0.2, 0.25) is 0 Å². The predicted molar refractivity (Wildman–Crippen MR) is 30.2 cm³/mol. The molecule has 1 heteroatoms. The van der Waals surface area contributed by atoms with Crippen LogP contribution in [0, 0.1) is 12.0 Å². The Morgan fingerprint density at radius 3 is 2.17 bits per heavy atom. The van der Waals surface area contributed by atoms with Crippen molar-refractivity contribution in [2.45, 2.75) is 18.5 Å². The predicted octanol–water partition coefficient (Wildman–Crippen LogP) is 0.790. The highest BCUT2D eigenvalue weighted by atomic mass is 28.3. The molecule has 0 spiro atoms. The summed E-state index contributed by atoms with van der Waals surface area (Å²) in [4.78, 5) is 0. The molecule has 0 atom stereocenters. The molecule has 0 aromatic rings. The standard InChI is InChI=1S/C5H8Si/c1-2-6-4-3-5-6/h1,6H,3-5H2. The van der Waals surface area contributed by atoms with Gasteiger partial charge in [0.15, 0.2) is 0 Å². The summed E-state index contributed by atoms with van der Waals surface area (Å²) in [6, 6.07) is 2.83. The van der Waals surface area contributed by atoms with E-state index in [1.165, 1.54) is 18.5 Å². The largest absolute Gasteiger partial charge is 0.139 e. The van der Waals surface area contributed by atoms with Crippen molar-refractivity contribution in [1.29, 1.82) is 0 Å². The van der Waals surface area contributed by atoms with E-state index in [1.807, 2.05) is 0 Å². The van der Waals surface area contributed by atoms with E-state index in [0.29, 0.717) is 0 Å². The SMILES string of the molecule is C#C[SiH]1CCC1. The number of hydrogen-bond acceptors (Lipinski definition) is 0. The topological polar surface area (TPSA) is 0 Å². The smallest absolute Gasteiger partial charge is 0.122 e. The van der Waals surface area contributed by atoms with Crippen molar-refractivity contribution < 1.29 is 0 Å². The lowest BCUT2D eigenvalue weighted by molar-refractivity contribution is 0.954. The molecule has 0 amide bonds. The molecule has 1 heterocycles. The van der Waals surface area contributed by atoms with Crippen LogP contribution < -0.4 is 0 Å². The maximum Gasteiger partial charge on any atom is 0.122 e. The van der Waals surface area contributed by atoms with Crippen LogP contribution in [0.2, 0.25) is 12.1 Å². The third-order valence-electron chi connectivity index (χ3n) is 1.34. The first-order valence-electron chi connectivity index (χ1n) is 2.39. The second kappa shape index (κ2) is 1.48. The molecule has 0 bridgehead atoms. The average Bonchev–Trinajstić information content (AvgIpc) is 1.31. The van der Waals surface area contributed by atoms with Gasteiger partial charge in [-0.15, -0.1) is 12.0 Å². The second-order valence-corrected chi connectivity index (χ2v) is 4.68. The zero-order valence-corrected chi connectivity index (χ0v) is 4.93. The van der Waals surface area contributed by atoms with E-state index in [1.54, 1.807) is 0 Å². The summed E-state index contributed by atoms with van der Waals surface area (Å²) in [7, 11) is -0.452. The third kappa shape index (κ3) is 0.482. The molecule has 1 aliphatic rings. The normalized spacial score (nSPS) is 21.8. The Labute approximate surface area is 40.2 Å². The molecule has 0 aliphatic carbocycles. The van der Waals surface area contributed by atoms with E-state index in [0.717, 1.165) is 0 Å². The Bertz CT molecular complexity index is 76.4. The zero-order chi connectivity index (χ0) is 4.41. The van der Waals surface area contributed by atoms with Crippen molar-refractivity contribution in [2.75, 3.05) is 0 Å².